The van der Waals surface area contributed by atoms with E-state index in [2.05, 4.69) is 5.32 Å². The average molecular weight is 333 g/mol. The van der Waals surface area contributed by atoms with Crippen LogP contribution in [0.2, 0.25) is 0 Å². The first kappa shape index (κ1) is 18.3. The Balaban J connectivity index is 1.74. The lowest BCUT2D eigenvalue weighted by Crippen LogP contribution is -2.45. The molecule has 6 nitrogen and oxygen atoms in total. The normalized spacial score (nSPS) is 17.4. The van der Waals surface area contributed by atoms with Crippen LogP contribution in [-0.2, 0) is 4.79 Å². The number of nitrogens with one attached hydrogen (secondary N) is 1. The van der Waals surface area contributed by atoms with Crippen LogP contribution in [0.4, 0.5) is 0 Å². The second kappa shape index (κ2) is 9.27. The molecule has 0 saturated carbocycles. The number of amides is 2. The van der Waals surface area contributed by atoms with Gasteiger partial charge in [0.1, 0.15) is 5.75 Å². The summed E-state index contributed by atoms with van der Waals surface area (Å²) in [4.78, 5) is 26.2. The SMILES string of the molecule is CCOc1ccccc1C(=O)NCCCC(=O)N1CCCC(N)C1. The molecule has 2 amide bonds. The summed E-state index contributed by atoms with van der Waals surface area (Å²) in [5.74, 6) is 0.525. The van der Waals surface area contributed by atoms with E-state index >= 15 is 0 Å². The van der Waals surface area contributed by atoms with Gasteiger partial charge in [0.15, 0.2) is 0 Å². The zero-order valence-electron chi connectivity index (χ0n) is 14.3. The molecule has 1 fully saturated rings. The number of nitrogens with zero attached hydrogens (tertiary/aromatic N) is 1. The molecule has 1 aromatic carbocycles. The van der Waals surface area contributed by atoms with E-state index in [1.165, 1.54) is 0 Å². The van der Waals surface area contributed by atoms with Gasteiger partial charge in [-0.15, -0.1) is 0 Å². The molecule has 2 rings (SSSR count). The monoisotopic (exact) mass is 333 g/mol. The minimum atomic E-state index is -0.175. The van der Waals surface area contributed by atoms with Gasteiger partial charge in [-0.3, -0.25) is 9.59 Å². The van der Waals surface area contributed by atoms with E-state index in [1.807, 2.05) is 17.9 Å². The number of nitrogens with two attached hydrogens (primary N) is 1. The molecular formula is C18H27N3O3. The number of carbonyl (C=O) groups excluding carboxylic acids is 2. The summed E-state index contributed by atoms with van der Waals surface area (Å²) in [6, 6.07) is 7.25. The van der Waals surface area contributed by atoms with Crippen molar-refractivity contribution in [1.82, 2.24) is 10.2 Å². The van der Waals surface area contributed by atoms with Crippen molar-refractivity contribution in [3.05, 3.63) is 29.8 Å². The van der Waals surface area contributed by atoms with Gasteiger partial charge in [0.2, 0.25) is 5.91 Å². The third-order valence-electron chi connectivity index (χ3n) is 4.10. The lowest BCUT2D eigenvalue weighted by atomic mass is 10.1. The number of para-hydroxylation sites is 1. The van der Waals surface area contributed by atoms with Gasteiger partial charge in [0, 0.05) is 32.1 Å². The standard InChI is InChI=1S/C18H27N3O3/c1-2-24-16-9-4-3-8-15(16)18(23)20-11-5-10-17(22)21-12-6-7-14(19)13-21/h3-4,8-9,14H,2,5-7,10-13,19H2,1H3,(H,20,23). The number of likely N-dealkylation sites (tertiary alicyclic amines) is 1. The predicted octanol–water partition coefficient (Wildman–Crippen LogP) is 1.54. The van der Waals surface area contributed by atoms with Crippen LogP contribution in [0.5, 0.6) is 5.75 Å². The Morgan fingerprint density at radius 1 is 1.38 bits per heavy atom. The molecule has 6 heteroatoms. The van der Waals surface area contributed by atoms with Crippen molar-refractivity contribution in [3.63, 3.8) is 0 Å². The van der Waals surface area contributed by atoms with Gasteiger partial charge in [-0.05, 0) is 38.3 Å². The lowest BCUT2D eigenvalue weighted by Gasteiger charge is -2.30. The van der Waals surface area contributed by atoms with Crippen molar-refractivity contribution >= 4 is 11.8 Å². The molecule has 1 saturated heterocycles. The fourth-order valence-electron chi connectivity index (χ4n) is 2.87. The van der Waals surface area contributed by atoms with E-state index in [4.69, 9.17) is 10.5 Å². The van der Waals surface area contributed by atoms with Crippen LogP contribution in [0.15, 0.2) is 24.3 Å². The molecular weight excluding hydrogens is 306 g/mol. The van der Waals surface area contributed by atoms with Crippen LogP contribution in [-0.4, -0.2) is 49.0 Å². The number of carbonyl (C=O) groups is 2. The van der Waals surface area contributed by atoms with E-state index < -0.39 is 0 Å². The van der Waals surface area contributed by atoms with Crippen molar-refractivity contribution in [3.8, 4) is 5.75 Å². The summed E-state index contributed by atoms with van der Waals surface area (Å²) < 4.78 is 5.46. The first-order valence-corrected chi connectivity index (χ1v) is 8.65. The second-order valence-electron chi connectivity index (χ2n) is 6.03. The Morgan fingerprint density at radius 3 is 2.92 bits per heavy atom. The maximum Gasteiger partial charge on any atom is 0.255 e. The fraction of sp³-hybridized carbons (Fsp3) is 0.556. The van der Waals surface area contributed by atoms with Crippen LogP contribution in [0.25, 0.3) is 0 Å². The molecule has 0 radical (unpaired) electrons. The first-order chi connectivity index (χ1) is 11.6. The first-order valence-electron chi connectivity index (χ1n) is 8.65. The molecule has 24 heavy (non-hydrogen) atoms. The number of hydrogen-bond donors (Lipinski definition) is 2. The summed E-state index contributed by atoms with van der Waals surface area (Å²) in [5, 5.41) is 2.85. The van der Waals surface area contributed by atoms with Gasteiger partial charge in [0.25, 0.3) is 5.91 Å². The average Bonchev–Trinajstić information content (AvgIpc) is 2.59. The molecule has 1 aliphatic rings. The van der Waals surface area contributed by atoms with Crippen molar-refractivity contribution in [2.45, 2.75) is 38.6 Å². The van der Waals surface area contributed by atoms with Crippen molar-refractivity contribution in [2.75, 3.05) is 26.2 Å². The highest BCUT2D eigenvalue weighted by molar-refractivity contribution is 5.96. The van der Waals surface area contributed by atoms with Gasteiger partial charge in [-0.1, -0.05) is 12.1 Å². The van der Waals surface area contributed by atoms with Gasteiger partial charge < -0.3 is 20.7 Å². The van der Waals surface area contributed by atoms with Crippen LogP contribution in [0, 0.1) is 0 Å². The smallest absolute Gasteiger partial charge is 0.255 e. The number of ether oxygens (including phenoxy) is 1. The van der Waals surface area contributed by atoms with Crippen molar-refractivity contribution in [2.24, 2.45) is 5.73 Å². The molecule has 3 N–H and O–H groups in total. The highest BCUT2D eigenvalue weighted by Crippen LogP contribution is 2.17. The Hall–Kier alpha value is -2.08. The molecule has 132 valence electrons. The van der Waals surface area contributed by atoms with Gasteiger partial charge >= 0.3 is 0 Å². The summed E-state index contributed by atoms with van der Waals surface area (Å²) in [5.41, 5.74) is 6.42. The Morgan fingerprint density at radius 2 is 2.17 bits per heavy atom. The topological polar surface area (TPSA) is 84.7 Å². The number of rotatable bonds is 7. The van der Waals surface area contributed by atoms with Crippen molar-refractivity contribution in [1.29, 1.82) is 0 Å². The van der Waals surface area contributed by atoms with Crippen molar-refractivity contribution < 1.29 is 14.3 Å². The minimum absolute atomic E-state index is 0.0949. The third kappa shape index (κ3) is 5.23. The zero-order valence-corrected chi connectivity index (χ0v) is 14.3. The third-order valence-corrected chi connectivity index (χ3v) is 4.10. The maximum atomic E-state index is 12.2. The largest absolute Gasteiger partial charge is 0.493 e. The highest BCUT2D eigenvalue weighted by Gasteiger charge is 2.20. The Labute approximate surface area is 143 Å². The summed E-state index contributed by atoms with van der Waals surface area (Å²) in [7, 11) is 0. The molecule has 1 atom stereocenters. The van der Waals surface area contributed by atoms with E-state index in [-0.39, 0.29) is 17.9 Å². The van der Waals surface area contributed by atoms with Gasteiger partial charge in [-0.2, -0.15) is 0 Å². The van der Waals surface area contributed by atoms with E-state index in [0.717, 1.165) is 19.4 Å². The Bertz CT molecular complexity index is 562. The molecule has 0 bridgehead atoms. The summed E-state index contributed by atoms with van der Waals surface area (Å²) in [6.45, 7) is 4.29. The van der Waals surface area contributed by atoms with E-state index in [9.17, 15) is 9.59 Å². The molecule has 1 aromatic rings. The Kier molecular flexibility index (Phi) is 7.06. The predicted molar refractivity (Wildman–Crippen MR) is 93.0 cm³/mol. The van der Waals surface area contributed by atoms with Crippen LogP contribution >= 0.6 is 0 Å². The van der Waals surface area contributed by atoms with Crippen LogP contribution in [0.1, 0.15) is 43.0 Å². The molecule has 0 spiro atoms. The second-order valence-corrected chi connectivity index (χ2v) is 6.03. The summed E-state index contributed by atoms with van der Waals surface area (Å²) >= 11 is 0. The minimum Gasteiger partial charge on any atom is -0.493 e. The quantitative estimate of drug-likeness (QED) is 0.741. The van der Waals surface area contributed by atoms with Crippen LogP contribution < -0.4 is 15.8 Å². The highest BCUT2D eigenvalue weighted by atomic mass is 16.5. The van der Waals surface area contributed by atoms with Gasteiger partial charge in [-0.25, -0.2) is 0 Å². The van der Waals surface area contributed by atoms with Crippen LogP contribution in [0.3, 0.4) is 0 Å². The number of piperidine rings is 1. The number of hydrogen-bond acceptors (Lipinski definition) is 4. The zero-order chi connectivity index (χ0) is 17.4. The molecule has 1 unspecified atom stereocenters. The fourth-order valence-corrected chi connectivity index (χ4v) is 2.87. The molecule has 0 aromatic heterocycles. The van der Waals surface area contributed by atoms with Gasteiger partial charge in [0.05, 0.1) is 12.2 Å². The van der Waals surface area contributed by atoms with E-state index in [0.29, 0.717) is 43.9 Å². The molecule has 1 heterocycles. The number of benzene rings is 1. The van der Waals surface area contributed by atoms with E-state index in [1.54, 1.807) is 18.2 Å². The summed E-state index contributed by atoms with van der Waals surface area (Å²) in [6.07, 6.45) is 3.00. The molecule has 1 aliphatic heterocycles. The maximum absolute atomic E-state index is 12.2. The molecule has 0 aliphatic carbocycles. The lowest BCUT2D eigenvalue weighted by molar-refractivity contribution is -0.132.